The van der Waals surface area contributed by atoms with E-state index in [1.807, 2.05) is 60.7 Å². The zero-order chi connectivity index (χ0) is 25.9. The van der Waals surface area contributed by atoms with E-state index in [1.54, 1.807) is 0 Å². The van der Waals surface area contributed by atoms with Gasteiger partial charge in [0.05, 0.1) is 29.8 Å². The number of esters is 1. The van der Waals surface area contributed by atoms with Gasteiger partial charge < -0.3 is 4.74 Å². The lowest BCUT2D eigenvalue weighted by molar-refractivity contribution is -0.154. The smallest absolute Gasteiger partial charge is 0.373 e. The van der Waals surface area contributed by atoms with E-state index < -0.39 is 33.2 Å². The highest BCUT2D eigenvalue weighted by Gasteiger charge is 2.57. The van der Waals surface area contributed by atoms with Crippen LogP contribution in [0.1, 0.15) is 30.7 Å². The monoisotopic (exact) mass is 533 g/mol. The molecule has 0 bridgehead atoms. The number of methoxy groups -OCH3 is 1. The van der Waals surface area contributed by atoms with Crippen LogP contribution in [0, 0.1) is 11.8 Å². The Morgan fingerprint density at radius 3 is 1.86 bits per heavy atom. The fourth-order valence-corrected chi connectivity index (χ4v) is 7.62. The number of carbonyl (C=O) groups is 1. The van der Waals surface area contributed by atoms with Crippen molar-refractivity contribution in [3.63, 3.8) is 0 Å². The highest BCUT2D eigenvalue weighted by molar-refractivity contribution is 7.97. The van der Waals surface area contributed by atoms with E-state index in [0.717, 1.165) is 27.4 Å². The van der Waals surface area contributed by atoms with Gasteiger partial charge in [0.15, 0.2) is 14.7 Å². The minimum absolute atomic E-state index is 0.00484. The molecular weight excluding hydrogens is 506 g/mol. The average Bonchev–Trinajstić information content (AvgIpc) is 2.89. The molecule has 0 radical (unpaired) electrons. The average molecular weight is 534 g/mol. The normalized spacial score (nSPS) is 20.8. The van der Waals surface area contributed by atoms with Crippen LogP contribution in [-0.2, 0) is 30.5 Å². The van der Waals surface area contributed by atoms with Crippen LogP contribution < -0.4 is 0 Å². The fourth-order valence-electron chi connectivity index (χ4n) is 4.88. The minimum atomic E-state index is -5.67. The van der Waals surface area contributed by atoms with Gasteiger partial charge in [0, 0.05) is 0 Å². The quantitative estimate of drug-likeness (QED) is 0.231. The molecule has 0 spiro atoms. The summed E-state index contributed by atoms with van der Waals surface area (Å²) in [5, 5.41) is -4.43. The van der Waals surface area contributed by atoms with E-state index in [1.165, 1.54) is 0 Å². The molecule has 1 fully saturated rings. The van der Waals surface area contributed by atoms with E-state index in [-0.39, 0.29) is 36.1 Å². The number of rotatable bonds is 7. The first-order chi connectivity index (χ1) is 17.1. The van der Waals surface area contributed by atoms with E-state index in [9.17, 15) is 22.0 Å². The molecule has 1 aliphatic rings. The number of alkyl halides is 2. The SMILES string of the molecule is COC(=O)C1CC(c2ccc([S+](c3ccccc3)c3ccccc3)cc2)CCC1C(F)(F)S(=O)(=O)O. The van der Waals surface area contributed by atoms with Crippen molar-refractivity contribution in [2.24, 2.45) is 11.8 Å². The van der Waals surface area contributed by atoms with E-state index in [0.29, 0.717) is 0 Å². The molecule has 0 amide bonds. The molecular formula is C27H27F2O5S2+. The van der Waals surface area contributed by atoms with Gasteiger partial charge in [-0.05, 0) is 67.1 Å². The van der Waals surface area contributed by atoms with E-state index >= 15 is 0 Å². The minimum Gasteiger partial charge on any atom is -0.469 e. The zero-order valence-electron chi connectivity index (χ0n) is 19.6. The van der Waals surface area contributed by atoms with Gasteiger partial charge in [-0.3, -0.25) is 9.35 Å². The van der Waals surface area contributed by atoms with Crippen LogP contribution in [0.2, 0.25) is 0 Å². The molecule has 36 heavy (non-hydrogen) atoms. The summed E-state index contributed by atoms with van der Waals surface area (Å²) >= 11 is 0. The number of ether oxygens (including phenoxy) is 1. The Labute approximate surface area is 212 Å². The van der Waals surface area contributed by atoms with Crippen molar-refractivity contribution in [1.29, 1.82) is 0 Å². The molecule has 9 heteroatoms. The molecule has 0 heterocycles. The molecule has 3 unspecified atom stereocenters. The summed E-state index contributed by atoms with van der Waals surface area (Å²) in [6.07, 6.45) is 0.0218. The molecule has 5 nitrogen and oxygen atoms in total. The van der Waals surface area contributed by atoms with Gasteiger partial charge in [0.25, 0.3) is 0 Å². The maximum Gasteiger partial charge on any atom is 0.373 e. The second-order valence-electron chi connectivity index (χ2n) is 8.78. The van der Waals surface area contributed by atoms with Gasteiger partial charge in [-0.15, -0.1) is 0 Å². The van der Waals surface area contributed by atoms with Crippen molar-refractivity contribution in [3.8, 4) is 0 Å². The van der Waals surface area contributed by atoms with Gasteiger partial charge >= 0.3 is 21.3 Å². The largest absolute Gasteiger partial charge is 0.469 e. The van der Waals surface area contributed by atoms with Crippen LogP contribution >= 0.6 is 0 Å². The van der Waals surface area contributed by atoms with E-state index in [4.69, 9.17) is 9.29 Å². The summed E-state index contributed by atoms with van der Waals surface area (Å²) < 4.78 is 65.5. The van der Waals surface area contributed by atoms with Crippen molar-refractivity contribution < 1.29 is 31.3 Å². The van der Waals surface area contributed by atoms with E-state index in [2.05, 4.69) is 24.3 Å². The Kier molecular flexibility index (Phi) is 7.82. The van der Waals surface area contributed by atoms with Crippen molar-refractivity contribution in [2.75, 3.05) is 7.11 Å². The third-order valence-electron chi connectivity index (χ3n) is 6.67. The number of hydrogen-bond acceptors (Lipinski definition) is 4. The van der Waals surface area contributed by atoms with Crippen molar-refractivity contribution >= 4 is 27.0 Å². The second-order valence-corrected chi connectivity index (χ2v) is 12.3. The van der Waals surface area contributed by atoms with Crippen LogP contribution in [0.3, 0.4) is 0 Å². The molecule has 190 valence electrons. The molecule has 1 N–H and O–H groups in total. The molecule has 0 aromatic heterocycles. The first-order valence-corrected chi connectivity index (χ1v) is 14.2. The van der Waals surface area contributed by atoms with Gasteiger partial charge in [-0.2, -0.15) is 17.2 Å². The van der Waals surface area contributed by atoms with Crippen molar-refractivity contribution in [1.82, 2.24) is 0 Å². The first-order valence-electron chi connectivity index (χ1n) is 11.5. The Morgan fingerprint density at radius 2 is 1.39 bits per heavy atom. The lowest BCUT2D eigenvalue weighted by Gasteiger charge is -2.37. The molecule has 3 aromatic carbocycles. The summed E-state index contributed by atoms with van der Waals surface area (Å²) in [7, 11) is -4.92. The summed E-state index contributed by atoms with van der Waals surface area (Å²) in [6.45, 7) is 0. The molecule has 0 aliphatic heterocycles. The standard InChI is InChI=1S/C27H26F2O5S2/c1-34-26(30)24-18-20(14-17-25(24)27(28,29)36(31,32)33)19-12-15-23(16-13-19)35(21-8-4-2-5-9-21)22-10-6-3-7-11-22/h2-13,15-16,20,24-25H,14,17-18H2,1H3/p+1. The predicted molar refractivity (Wildman–Crippen MR) is 134 cm³/mol. The lowest BCUT2D eigenvalue weighted by atomic mass is 9.72. The topological polar surface area (TPSA) is 80.7 Å². The predicted octanol–water partition coefficient (Wildman–Crippen LogP) is 5.94. The van der Waals surface area contributed by atoms with Gasteiger partial charge in [-0.25, -0.2) is 0 Å². The Bertz CT molecular complexity index is 1240. The van der Waals surface area contributed by atoms with Crippen LogP contribution in [0.15, 0.2) is 99.6 Å². The third kappa shape index (κ3) is 5.33. The Morgan fingerprint density at radius 1 is 0.889 bits per heavy atom. The first kappa shape index (κ1) is 26.3. The molecule has 3 atom stereocenters. The maximum absolute atomic E-state index is 14.5. The van der Waals surface area contributed by atoms with Crippen molar-refractivity contribution in [3.05, 3.63) is 90.5 Å². The van der Waals surface area contributed by atoms with Crippen molar-refractivity contribution in [2.45, 2.75) is 45.1 Å². The summed E-state index contributed by atoms with van der Waals surface area (Å²) in [6, 6.07) is 28.2. The molecule has 1 aliphatic carbocycles. The molecule has 4 rings (SSSR count). The number of benzene rings is 3. The van der Waals surface area contributed by atoms with Crippen LogP contribution in [0.4, 0.5) is 8.78 Å². The van der Waals surface area contributed by atoms with Gasteiger partial charge in [-0.1, -0.05) is 48.5 Å². The van der Waals surface area contributed by atoms with Crippen LogP contribution in [0.25, 0.3) is 0 Å². The Hall–Kier alpha value is -2.75. The lowest BCUT2D eigenvalue weighted by Crippen LogP contribution is -2.46. The number of hydrogen-bond donors (Lipinski definition) is 1. The summed E-state index contributed by atoms with van der Waals surface area (Å²) in [5.74, 6) is -4.34. The summed E-state index contributed by atoms with van der Waals surface area (Å²) in [4.78, 5) is 15.8. The number of halogens is 2. The van der Waals surface area contributed by atoms with Gasteiger partial charge in [0.2, 0.25) is 0 Å². The van der Waals surface area contributed by atoms with Crippen LogP contribution in [-0.4, -0.2) is 31.3 Å². The Balaban J connectivity index is 1.62. The van der Waals surface area contributed by atoms with Gasteiger partial charge in [0.1, 0.15) is 0 Å². The fraction of sp³-hybridized carbons (Fsp3) is 0.296. The number of carbonyl (C=O) groups excluding carboxylic acids is 1. The summed E-state index contributed by atoms with van der Waals surface area (Å²) in [5.41, 5.74) is 0.881. The third-order valence-corrected chi connectivity index (χ3v) is 9.90. The molecule has 0 saturated heterocycles. The second kappa shape index (κ2) is 10.7. The van der Waals surface area contributed by atoms with Crippen LogP contribution in [0.5, 0.6) is 0 Å². The molecule has 3 aromatic rings. The molecule has 1 saturated carbocycles. The maximum atomic E-state index is 14.5. The highest BCUT2D eigenvalue weighted by atomic mass is 32.2. The zero-order valence-corrected chi connectivity index (χ0v) is 21.2. The highest BCUT2D eigenvalue weighted by Crippen LogP contribution is 2.48.